The molecule has 1 aliphatic heterocycles. The summed E-state index contributed by atoms with van der Waals surface area (Å²) in [5.41, 5.74) is 8.05. The Kier molecular flexibility index (Phi) is 5.71. The molecule has 3 aromatic rings. The van der Waals surface area contributed by atoms with E-state index >= 15 is 0 Å². The number of hydrogen-bond acceptors (Lipinski definition) is 3. The molecule has 4 rings (SSSR count). The van der Waals surface area contributed by atoms with Crippen LogP contribution in [0.15, 0.2) is 36.5 Å². The maximum absolute atomic E-state index is 14.2. The summed E-state index contributed by atoms with van der Waals surface area (Å²) < 4.78 is 33.5. The molecule has 0 radical (unpaired) electrons. The lowest BCUT2D eigenvalue weighted by Gasteiger charge is -2.37. The number of aryl methyl sites for hydroxylation is 1. The van der Waals surface area contributed by atoms with E-state index in [1.165, 1.54) is 18.2 Å². The summed E-state index contributed by atoms with van der Waals surface area (Å²) in [4.78, 5) is 15.0. The van der Waals surface area contributed by atoms with Crippen LogP contribution in [0.2, 0.25) is 0 Å². The van der Waals surface area contributed by atoms with Crippen molar-refractivity contribution in [1.82, 2.24) is 10.3 Å². The number of ether oxygens (including phenoxy) is 1. The smallest absolute Gasteiger partial charge is 0.249 e. The van der Waals surface area contributed by atoms with Crippen LogP contribution in [0.3, 0.4) is 0 Å². The SMILES string of the molecule is CCC(C)(CCc1c[nH]c2ccc(F)cc12)NC1COc2c(F)ccc(C(N)=O)c2C1. The fraction of sp³-hybridized carbons (Fsp3) is 0.375. The molecule has 164 valence electrons. The largest absolute Gasteiger partial charge is 0.489 e. The summed E-state index contributed by atoms with van der Waals surface area (Å²) >= 11 is 0. The average molecular weight is 427 g/mol. The second kappa shape index (κ2) is 8.30. The fourth-order valence-corrected chi connectivity index (χ4v) is 4.38. The molecule has 31 heavy (non-hydrogen) atoms. The van der Waals surface area contributed by atoms with Crippen molar-refractivity contribution in [3.05, 3.63) is 64.9 Å². The molecule has 1 amide bonds. The number of amides is 1. The zero-order chi connectivity index (χ0) is 22.2. The maximum atomic E-state index is 14.2. The summed E-state index contributed by atoms with van der Waals surface area (Å²) in [5.74, 6) is -1.21. The lowest BCUT2D eigenvalue weighted by molar-refractivity contribution is 0.0996. The topological polar surface area (TPSA) is 80.1 Å². The summed E-state index contributed by atoms with van der Waals surface area (Å²) in [5, 5.41) is 4.54. The first-order valence-electron chi connectivity index (χ1n) is 10.6. The van der Waals surface area contributed by atoms with Crippen LogP contribution in [0.4, 0.5) is 8.78 Å². The summed E-state index contributed by atoms with van der Waals surface area (Å²) in [6, 6.07) is 7.30. The highest BCUT2D eigenvalue weighted by Gasteiger charge is 2.31. The number of rotatable bonds is 7. The van der Waals surface area contributed by atoms with Gasteiger partial charge in [-0.05, 0) is 68.5 Å². The number of fused-ring (bicyclic) bond motifs is 2. The number of carbonyl (C=O) groups is 1. The van der Waals surface area contributed by atoms with Gasteiger partial charge in [0, 0.05) is 39.8 Å². The van der Waals surface area contributed by atoms with Gasteiger partial charge < -0.3 is 20.8 Å². The van der Waals surface area contributed by atoms with Gasteiger partial charge in [-0.25, -0.2) is 8.78 Å². The molecular formula is C24H27F2N3O2. The Morgan fingerprint density at radius 1 is 1.32 bits per heavy atom. The molecule has 1 aromatic heterocycles. The lowest BCUT2D eigenvalue weighted by Crippen LogP contribution is -2.52. The van der Waals surface area contributed by atoms with Crippen LogP contribution in [-0.4, -0.2) is 29.1 Å². The van der Waals surface area contributed by atoms with E-state index in [9.17, 15) is 13.6 Å². The van der Waals surface area contributed by atoms with Crippen molar-refractivity contribution < 1.29 is 18.3 Å². The normalized spacial score (nSPS) is 17.7. The van der Waals surface area contributed by atoms with Crippen LogP contribution < -0.4 is 15.8 Å². The minimum Gasteiger partial charge on any atom is -0.489 e. The predicted octanol–water partition coefficient (Wildman–Crippen LogP) is 4.24. The highest BCUT2D eigenvalue weighted by atomic mass is 19.1. The molecule has 1 aliphatic rings. The van der Waals surface area contributed by atoms with E-state index in [0.29, 0.717) is 24.2 Å². The molecular weight excluding hydrogens is 400 g/mol. The van der Waals surface area contributed by atoms with Gasteiger partial charge in [-0.3, -0.25) is 4.79 Å². The zero-order valence-electron chi connectivity index (χ0n) is 17.7. The minimum atomic E-state index is -0.592. The van der Waals surface area contributed by atoms with Crippen molar-refractivity contribution in [1.29, 1.82) is 0 Å². The second-order valence-corrected chi connectivity index (χ2v) is 8.54. The van der Waals surface area contributed by atoms with E-state index in [0.717, 1.165) is 35.7 Å². The first-order valence-corrected chi connectivity index (χ1v) is 10.6. The monoisotopic (exact) mass is 427 g/mol. The summed E-state index contributed by atoms with van der Waals surface area (Å²) in [7, 11) is 0. The van der Waals surface area contributed by atoms with Gasteiger partial charge >= 0.3 is 0 Å². The molecule has 0 fully saturated rings. The highest BCUT2D eigenvalue weighted by molar-refractivity contribution is 5.95. The van der Waals surface area contributed by atoms with Crippen molar-refractivity contribution in [3.8, 4) is 5.75 Å². The molecule has 0 bridgehead atoms. The van der Waals surface area contributed by atoms with Crippen molar-refractivity contribution in [2.45, 2.75) is 51.1 Å². The number of carbonyl (C=O) groups excluding carboxylic acids is 1. The predicted molar refractivity (Wildman–Crippen MR) is 116 cm³/mol. The number of primary amides is 1. The lowest BCUT2D eigenvalue weighted by atomic mass is 9.88. The quantitative estimate of drug-likeness (QED) is 0.528. The Bertz CT molecular complexity index is 1130. The van der Waals surface area contributed by atoms with Crippen molar-refractivity contribution in [3.63, 3.8) is 0 Å². The van der Waals surface area contributed by atoms with E-state index in [1.54, 1.807) is 12.1 Å². The molecule has 0 aliphatic carbocycles. The van der Waals surface area contributed by atoms with Gasteiger partial charge in [0.05, 0.1) is 0 Å². The molecule has 2 unspecified atom stereocenters. The molecule has 0 saturated heterocycles. The molecule has 5 nitrogen and oxygen atoms in total. The standard InChI is InChI=1S/C24H27F2N3O2/c1-3-24(2,9-8-14-12-28-21-7-4-15(25)10-18(14)21)29-16-11-19-17(23(27)30)5-6-20(26)22(19)31-13-16/h4-7,10,12,16,28-29H,3,8-9,11,13H2,1-2H3,(H2,27,30). The van der Waals surface area contributed by atoms with Gasteiger partial charge in [-0.1, -0.05) is 6.92 Å². The van der Waals surface area contributed by atoms with E-state index in [4.69, 9.17) is 10.5 Å². The fourth-order valence-electron chi connectivity index (χ4n) is 4.38. The highest BCUT2D eigenvalue weighted by Crippen LogP contribution is 2.32. The number of halogens is 2. The molecule has 2 atom stereocenters. The molecule has 0 spiro atoms. The van der Waals surface area contributed by atoms with Crippen molar-refractivity contribution in [2.24, 2.45) is 5.73 Å². The molecule has 0 saturated carbocycles. The molecule has 2 aromatic carbocycles. The van der Waals surface area contributed by atoms with E-state index in [2.05, 4.69) is 24.1 Å². The number of nitrogens with one attached hydrogen (secondary N) is 2. The Morgan fingerprint density at radius 3 is 2.87 bits per heavy atom. The van der Waals surface area contributed by atoms with Crippen molar-refractivity contribution in [2.75, 3.05) is 6.61 Å². The molecule has 2 heterocycles. The third-order valence-electron chi connectivity index (χ3n) is 6.37. The second-order valence-electron chi connectivity index (χ2n) is 8.54. The first-order chi connectivity index (χ1) is 14.8. The number of aromatic nitrogens is 1. The van der Waals surface area contributed by atoms with Gasteiger partial charge in [0.1, 0.15) is 12.4 Å². The zero-order valence-corrected chi connectivity index (χ0v) is 17.7. The van der Waals surface area contributed by atoms with E-state index in [1.807, 2.05) is 6.20 Å². The van der Waals surface area contributed by atoms with Gasteiger partial charge in [0.25, 0.3) is 0 Å². The Hall–Kier alpha value is -2.93. The third-order valence-corrected chi connectivity index (χ3v) is 6.37. The number of benzene rings is 2. The van der Waals surface area contributed by atoms with Crippen LogP contribution in [0.25, 0.3) is 10.9 Å². The third kappa shape index (κ3) is 4.28. The summed E-state index contributed by atoms with van der Waals surface area (Å²) in [6.07, 6.45) is 4.84. The van der Waals surface area contributed by atoms with Crippen LogP contribution >= 0.6 is 0 Å². The van der Waals surface area contributed by atoms with Crippen LogP contribution in [0.1, 0.15) is 48.2 Å². The van der Waals surface area contributed by atoms with Gasteiger partial charge in [-0.2, -0.15) is 0 Å². The number of nitrogens with two attached hydrogens (primary N) is 1. The van der Waals surface area contributed by atoms with Gasteiger partial charge in [0.2, 0.25) is 5.91 Å². The summed E-state index contributed by atoms with van der Waals surface area (Å²) in [6.45, 7) is 4.55. The van der Waals surface area contributed by atoms with Crippen LogP contribution in [-0.2, 0) is 12.8 Å². The number of H-pyrrole nitrogens is 1. The number of aromatic amines is 1. The van der Waals surface area contributed by atoms with E-state index in [-0.39, 0.29) is 23.1 Å². The van der Waals surface area contributed by atoms with Gasteiger partial charge in [0.15, 0.2) is 11.6 Å². The molecule has 7 heteroatoms. The molecule has 4 N–H and O–H groups in total. The minimum absolute atomic E-state index is 0.0854. The Labute approximate surface area is 180 Å². The van der Waals surface area contributed by atoms with Gasteiger partial charge in [-0.15, -0.1) is 0 Å². The Morgan fingerprint density at radius 2 is 2.13 bits per heavy atom. The Balaban J connectivity index is 1.49. The van der Waals surface area contributed by atoms with E-state index < -0.39 is 11.7 Å². The van der Waals surface area contributed by atoms with Crippen LogP contribution in [0.5, 0.6) is 5.75 Å². The maximum Gasteiger partial charge on any atom is 0.249 e. The average Bonchev–Trinajstić information content (AvgIpc) is 3.14. The van der Waals surface area contributed by atoms with Crippen molar-refractivity contribution >= 4 is 16.8 Å². The van der Waals surface area contributed by atoms with Crippen LogP contribution in [0, 0.1) is 11.6 Å². The number of hydrogen-bond donors (Lipinski definition) is 3. The first kappa shape index (κ1) is 21.3.